The van der Waals surface area contributed by atoms with E-state index < -0.39 is 9.05 Å². The second-order valence-corrected chi connectivity index (χ2v) is 1.80. The summed E-state index contributed by atoms with van der Waals surface area (Å²) in [6.45, 7) is 0. The van der Waals surface area contributed by atoms with E-state index in [2.05, 4.69) is 0 Å². The van der Waals surface area contributed by atoms with E-state index in [-0.39, 0.29) is 43.8 Å². The van der Waals surface area contributed by atoms with Crippen LogP contribution in [0.15, 0.2) is 0 Å². The van der Waals surface area contributed by atoms with Crippen LogP contribution in [0.1, 0.15) is 0 Å². The molecule has 0 aliphatic rings. The Balaban J connectivity index is -0.0000000800. The standard InChI is InChI=1S/Bi.Ge.H4O4Si.3H/c;;1-5(2,3)4;;;/h;;1-4H;;;. The van der Waals surface area contributed by atoms with Crippen molar-refractivity contribution >= 4 is 52.8 Å². The zero-order chi connectivity index (χ0) is 4.50. The van der Waals surface area contributed by atoms with Crippen molar-refractivity contribution in [3.63, 3.8) is 0 Å². The van der Waals surface area contributed by atoms with Gasteiger partial charge < -0.3 is 19.2 Å². The Bertz CT molecular complexity index is 27.2. The van der Waals surface area contributed by atoms with Crippen LogP contribution in [0.4, 0.5) is 0 Å². The zero-order valence-corrected chi connectivity index (χ0v) is 12.1. The maximum absolute atomic E-state index is 7.33. The largest absolute Gasteiger partial charge is 0 e. The molecule has 4 N–H and O–H groups in total. The van der Waals surface area contributed by atoms with E-state index in [4.69, 9.17) is 19.2 Å². The van der Waals surface area contributed by atoms with Gasteiger partial charge in [0.05, 0.1) is 0 Å². The van der Waals surface area contributed by atoms with E-state index in [1.54, 1.807) is 0 Å². The van der Waals surface area contributed by atoms with Gasteiger partial charge in [-0.15, -0.1) is 0 Å². The van der Waals surface area contributed by atoms with Crippen molar-refractivity contribution in [2.75, 3.05) is 0 Å². The predicted molar refractivity (Wildman–Crippen MR) is 30.3 cm³/mol. The minimum Gasteiger partial charge on any atom is 0 e. The molecular weight excluding hydrogens is 374 g/mol. The van der Waals surface area contributed by atoms with Gasteiger partial charge in [-0.25, -0.2) is 0 Å². The third kappa shape index (κ3) is 102. The van der Waals surface area contributed by atoms with Crippen LogP contribution in [0.2, 0.25) is 0 Å². The van der Waals surface area contributed by atoms with Crippen LogP contribution in [-0.4, -0.2) is 72.0 Å². The van der Waals surface area contributed by atoms with Gasteiger partial charge in [0, 0.05) is 17.6 Å². The first-order valence-corrected chi connectivity index (χ1v) is 2.68. The Morgan fingerprint density at radius 2 is 0.857 bits per heavy atom. The van der Waals surface area contributed by atoms with Crippen molar-refractivity contribution in [2.24, 2.45) is 0 Å². The van der Waals surface area contributed by atoms with Crippen LogP contribution >= 0.6 is 0 Å². The Morgan fingerprint density at radius 1 is 0.857 bits per heavy atom. The molecule has 0 unspecified atom stereocenters. The first-order chi connectivity index (χ1) is 2.00. The summed E-state index contributed by atoms with van der Waals surface area (Å²) in [4.78, 5) is 29.3. The third-order valence-electron chi connectivity index (χ3n) is 0. The predicted octanol–water partition coefficient (Wildman–Crippen LogP) is -4.17. The average Bonchev–Trinajstić information content (AvgIpc) is 0.722. The van der Waals surface area contributed by atoms with Gasteiger partial charge in [-0.1, -0.05) is 0 Å². The number of rotatable bonds is 0. The molecule has 0 amide bonds. The van der Waals surface area contributed by atoms with Gasteiger partial charge in [-0.3, -0.25) is 0 Å². The summed E-state index contributed by atoms with van der Waals surface area (Å²) in [6.07, 6.45) is 0. The minimum atomic E-state index is -4.61. The summed E-state index contributed by atoms with van der Waals surface area (Å²) in [5.41, 5.74) is 0. The topological polar surface area (TPSA) is 80.9 Å². The summed E-state index contributed by atoms with van der Waals surface area (Å²) in [7, 11) is -4.61. The van der Waals surface area contributed by atoms with E-state index >= 15 is 0 Å². The second-order valence-electron chi connectivity index (χ2n) is 0.600. The first-order valence-electron chi connectivity index (χ1n) is 0.894. The molecule has 0 saturated heterocycles. The van der Waals surface area contributed by atoms with Gasteiger partial charge in [0.15, 0.2) is 0 Å². The zero-order valence-electron chi connectivity index (χ0n) is 3.50. The fraction of sp³-hybridized carbons (Fsp3) is 0. The van der Waals surface area contributed by atoms with Gasteiger partial charge >= 0.3 is 35.3 Å². The molecule has 4 nitrogen and oxygen atoms in total. The van der Waals surface area contributed by atoms with Gasteiger partial charge in [0.2, 0.25) is 0 Å². The Labute approximate surface area is 71.8 Å². The van der Waals surface area contributed by atoms with Crippen molar-refractivity contribution in [3.8, 4) is 0 Å². The molecule has 7 heteroatoms. The molecule has 0 aromatic heterocycles. The normalized spacial score (nSPS) is 8.57. The fourth-order valence-electron chi connectivity index (χ4n) is 0. The third-order valence-corrected chi connectivity index (χ3v) is 0. The first kappa shape index (κ1) is 15.8. The van der Waals surface area contributed by atoms with Gasteiger partial charge in [-0.2, -0.15) is 0 Å². The average molecular weight is 381 g/mol. The van der Waals surface area contributed by atoms with Crippen molar-refractivity contribution in [1.29, 1.82) is 0 Å². The van der Waals surface area contributed by atoms with Crippen molar-refractivity contribution in [3.05, 3.63) is 0 Å². The summed E-state index contributed by atoms with van der Waals surface area (Å²) < 4.78 is 0. The Morgan fingerprint density at radius 3 is 0.857 bits per heavy atom. The molecule has 0 aliphatic carbocycles. The Hall–Kier alpha value is 1.48. The summed E-state index contributed by atoms with van der Waals surface area (Å²) >= 11 is 0. The van der Waals surface area contributed by atoms with E-state index in [9.17, 15) is 0 Å². The molecule has 0 bridgehead atoms. The van der Waals surface area contributed by atoms with Gasteiger partial charge in [0.25, 0.3) is 0 Å². The molecule has 0 heterocycles. The van der Waals surface area contributed by atoms with E-state index in [1.165, 1.54) is 0 Å². The molecule has 0 fully saturated rings. The maximum atomic E-state index is 7.33. The number of hydrogen-bond donors (Lipinski definition) is 4. The molecule has 0 aliphatic heterocycles. The molecule has 44 valence electrons. The molecule has 0 aromatic rings. The molecule has 0 aromatic carbocycles. The smallest absolute Gasteiger partial charge is 0 e. The Kier molecular flexibility index (Phi) is 12.7. The van der Waals surface area contributed by atoms with Crippen LogP contribution in [-0.2, 0) is 0 Å². The quantitative estimate of drug-likeness (QED) is 0.322. The fourth-order valence-corrected chi connectivity index (χ4v) is 0. The van der Waals surface area contributed by atoms with E-state index in [0.717, 1.165) is 0 Å². The maximum Gasteiger partial charge on any atom is 0 e. The SMILES string of the molecule is O[Si](O)(O)O.[BiH3].[Ge]. The van der Waals surface area contributed by atoms with Crippen LogP contribution < -0.4 is 0 Å². The summed E-state index contributed by atoms with van der Waals surface area (Å²) in [5, 5.41) is 0. The summed E-state index contributed by atoms with van der Waals surface area (Å²) in [5.74, 6) is 0. The molecule has 0 spiro atoms. The summed E-state index contributed by atoms with van der Waals surface area (Å²) in [6, 6.07) is 0. The van der Waals surface area contributed by atoms with Crippen molar-refractivity contribution in [1.82, 2.24) is 0 Å². The second kappa shape index (κ2) is 5.62. The van der Waals surface area contributed by atoms with E-state index in [0.29, 0.717) is 0 Å². The molecule has 0 atom stereocenters. The molecule has 0 rings (SSSR count). The van der Waals surface area contributed by atoms with Gasteiger partial charge in [0.1, 0.15) is 0 Å². The monoisotopic (exact) mass is 382 g/mol. The van der Waals surface area contributed by atoms with E-state index in [1.807, 2.05) is 0 Å². The van der Waals surface area contributed by atoms with Crippen molar-refractivity contribution in [2.45, 2.75) is 0 Å². The van der Waals surface area contributed by atoms with Gasteiger partial charge in [-0.05, 0) is 0 Å². The molecule has 0 saturated carbocycles. The minimum absolute atomic E-state index is 0. The molecule has 4 radical (unpaired) electrons. The molecule has 7 heavy (non-hydrogen) atoms. The number of hydrogen-bond acceptors (Lipinski definition) is 4. The van der Waals surface area contributed by atoms with Crippen molar-refractivity contribution < 1.29 is 19.2 Å². The van der Waals surface area contributed by atoms with Crippen LogP contribution in [0.3, 0.4) is 0 Å². The molecular formula is H7BiGeO4Si. The van der Waals surface area contributed by atoms with Crippen LogP contribution in [0.5, 0.6) is 0 Å². The van der Waals surface area contributed by atoms with Crippen LogP contribution in [0.25, 0.3) is 0 Å². The van der Waals surface area contributed by atoms with Crippen LogP contribution in [0, 0.1) is 0 Å².